The maximum atomic E-state index is 12.6. The average Bonchev–Trinajstić information content (AvgIpc) is 3.13. The fourth-order valence-electron chi connectivity index (χ4n) is 3.95. The Morgan fingerprint density at radius 3 is 2.71 bits per heavy atom. The van der Waals surface area contributed by atoms with Crippen LogP contribution in [0.5, 0.6) is 0 Å². The topological polar surface area (TPSA) is 63.1 Å². The van der Waals surface area contributed by atoms with Crippen molar-refractivity contribution in [3.63, 3.8) is 0 Å². The number of rotatable bonds is 6. The van der Waals surface area contributed by atoms with Crippen LogP contribution in [0.2, 0.25) is 0 Å². The summed E-state index contributed by atoms with van der Waals surface area (Å²) >= 11 is 0. The van der Waals surface area contributed by atoms with E-state index in [1.165, 1.54) is 19.3 Å². The maximum absolute atomic E-state index is 12.6. The summed E-state index contributed by atoms with van der Waals surface area (Å²) in [7, 11) is -1.53. The number of hydrogen-bond acceptors (Lipinski definition) is 3. The number of aryl methyl sites for hydroxylation is 1. The van der Waals surface area contributed by atoms with Crippen molar-refractivity contribution in [1.29, 1.82) is 0 Å². The van der Waals surface area contributed by atoms with Gasteiger partial charge in [0.25, 0.3) is 0 Å². The highest BCUT2D eigenvalue weighted by atomic mass is 32.2. The van der Waals surface area contributed by atoms with E-state index in [2.05, 4.69) is 10.0 Å². The summed E-state index contributed by atoms with van der Waals surface area (Å²) in [5.41, 5.74) is 1.01. The molecule has 2 N–H and O–H groups in total. The molecule has 0 saturated heterocycles. The van der Waals surface area contributed by atoms with Gasteiger partial charge in [-0.15, -0.1) is 0 Å². The first-order valence-electron chi connectivity index (χ1n) is 7.89. The van der Waals surface area contributed by atoms with Gasteiger partial charge in [-0.05, 0) is 51.1 Å². The number of nitrogens with one attached hydrogen (secondary N) is 2. The van der Waals surface area contributed by atoms with Gasteiger partial charge in [-0.2, -0.15) is 0 Å². The summed E-state index contributed by atoms with van der Waals surface area (Å²) in [4.78, 5) is 0.400. The summed E-state index contributed by atoms with van der Waals surface area (Å²) in [5, 5.41) is 3.08. The van der Waals surface area contributed by atoms with Gasteiger partial charge in [-0.3, -0.25) is 0 Å². The maximum Gasteiger partial charge on any atom is 0.242 e. The van der Waals surface area contributed by atoms with Gasteiger partial charge in [0.15, 0.2) is 0 Å². The van der Waals surface area contributed by atoms with E-state index in [4.69, 9.17) is 0 Å². The minimum atomic E-state index is -3.39. The first-order chi connectivity index (χ1) is 10.0. The molecule has 0 radical (unpaired) electrons. The van der Waals surface area contributed by atoms with Gasteiger partial charge in [0, 0.05) is 31.0 Å². The van der Waals surface area contributed by atoms with Crippen molar-refractivity contribution in [3.05, 3.63) is 18.0 Å². The number of fused-ring (bicyclic) bond motifs is 2. The Labute approximate surface area is 127 Å². The van der Waals surface area contributed by atoms with Crippen LogP contribution in [0.15, 0.2) is 17.2 Å². The molecule has 2 bridgehead atoms. The molecule has 3 atom stereocenters. The van der Waals surface area contributed by atoms with Crippen LogP contribution in [-0.2, 0) is 23.1 Å². The first kappa shape index (κ1) is 15.1. The zero-order chi connectivity index (χ0) is 15.0. The van der Waals surface area contributed by atoms with Crippen molar-refractivity contribution >= 4 is 10.0 Å². The summed E-state index contributed by atoms with van der Waals surface area (Å²) < 4.78 is 30.2. The SMILES string of the molecule is CCn1cc(S(=O)(=O)NC2CC3CCC2C3)cc1CNC. The number of hydrogen-bond donors (Lipinski definition) is 2. The average molecular weight is 311 g/mol. The minimum Gasteiger partial charge on any atom is -0.349 e. The Hall–Kier alpha value is -0.850. The first-order valence-corrected chi connectivity index (χ1v) is 9.37. The molecule has 0 spiro atoms. The van der Waals surface area contributed by atoms with Crippen molar-refractivity contribution in [3.8, 4) is 0 Å². The van der Waals surface area contributed by atoms with Gasteiger partial charge in [-0.25, -0.2) is 13.1 Å². The Morgan fingerprint density at radius 2 is 2.14 bits per heavy atom. The van der Waals surface area contributed by atoms with Crippen LogP contribution in [0.1, 0.15) is 38.3 Å². The van der Waals surface area contributed by atoms with Crippen LogP contribution in [0.4, 0.5) is 0 Å². The molecule has 0 aromatic carbocycles. The predicted molar refractivity (Wildman–Crippen MR) is 82.4 cm³/mol. The molecule has 1 aromatic rings. The van der Waals surface area contributed by atoms with Gasteiger partial charge in [-0.1, -0.05) is 6.42 Å². The highest BCUT2D eigenvalue weighted by Gasteiger charge is 2.41. The van der Waals surface area contributed by atoms with Crippen LogP contribution >= 0.6 is 0 Å². The zero-order valence-electron chi connectivity index (χ0n) is 12.8. The van der Waals surface area contributed by atoms with Crippen LogP contribution in [-0.4, -0.2) is 26.1 Å². The van der Waals surface area contributed by atoms with Crippen molar-refractivity contribution in [2.24, 2.45) is 11.8 Å². The van der Waals surface area contributed by atoms with Crippen LogP contribution in [0.25, 0.3) is 0 Å². The lowest BCUT2D eigenvalue weighted by Gasteiger charge is -2.22. The second-order valence-electron chi connectivity index (χ2n) is 6.39. The summed E-state index contributed by atoms with van der Waals surface area (Å²) in [6.45, 7) is 3.48. The second kappa shape index (κ2) is 5.74. The van der Waals surface area contributed by atoms with E-state index in [0.717, 1.165) is 24.6 Å². The lowest BCUT2D eigenvalue weighted by molar-refractivity contribution is 0.390. The molecule has 6 heteroatoms. The molecule has 2 aliphatic rings. The highest BCUT2D eigenvalue weighted by molar-refractivity contribution is 7.89. The second-order valence-corrected chi connectivity index (χ2v) is 8.10. The summed E-state index contributed by atoms with van der Waals surface area (Å²) in [5.74, 6) is 1.29. The van der Waals surface area contributed by atoms with Gasteiger partial charge >= 0.3 is 0 Å². The van der Waals surface area contributed by atoms with E-state index in [9.17, 15) is 8.42 Å². The molecule has 3 rings (SSSR count). The Morgan fingerprint density at radius 1 is 1.33 bits per heavy atom. The molecule has 1 aromatic heterocycles. The number of nitrogens with zero attached hydrogens (tertiary/aromatic N) is 1. The van der Waals surface area contributed by atoms with Crippen molar-refractivity contribution in [2.75, 3.05) is 7.05 Å². The van der Waals surface area contributed by atoms with Gasteiger partial charge in [0.2, 0.25) is 10.0 Å². The summed E-state index contributed by atoms with van der Waals surface area (Å²) in [6.07, 6.45) is 6.43. The van der Waals surface area contributed by atoms with Crippen LogP contribution < -0.4 is 10.0 Å². The number of aromatic nitrogens is 1. The molecule has 2 fully saturated rings. The van der Waals surface area contributed by atoms with Crippen molar-refractivity contribution in [1.82, 2.24) is 14.6 Å². The molecular weight excluding hydrogens is 286 g/mol. The highest BCUT2D eigenvalue weighted by Crippen LogP contribution is 2.44. The number of sulfonamides is 1. The van der Waals surface area contributed by atoms with E-state index in [0.29, 0.717) is 17.4 Å². The molecule has 2 aliphatic carbocycles. The third-order valence-corrected chi connectivity index (χ3v) is 6.47. The smallest absolute Gasteiger partial charge is 0.242 e. The molecular formula is C15H25N3O2S. The minimum absolute atomic E-state index is 0.145. The van der Waals surface area contributed by atoms with E-state index in [1.54, 1.807) is 12.3 Å². The lowest BCUT2D eigenvalue weighted by atomic mass is 9.96. The van der Waals surface area contributed by atoms with Crippen LogP contribution in [0, 0.1) is 11.8 Å². The summed E-state index contributed by atoms with van der Waals surface area (Å²) in [6, 6.07) is 1.93. The Balaban J connectivity index is 1.78. The third kappa shape index (κ3) is 2.89. The van der Waals surface area contributed by atoms with Crippen molar-refractivity contribution in [2.45, 2.75) is 56.6 Å². The third-order valence-electron chi connectivity index (χ3n) is 5.01. The fourth-order valence-corrected chi connectivity index (χ4v) is 5.33. The standard InChI is InChI=1S/C15H25N3O2S/c1-3-18-10-14(8-13(18)9-16-2)21(19,20)17-15-7-11-4-5-12(15)6-11/h8,10-12,15-17H,3-7,9H2,1-2H3. The van der Waals surface area contributed by atoms with Crippen LogP contribution in [0.3, 0.4) is 0 Å². The van der Waals surface area contributed by atoms with E-state index in [-0.39, 0.29) is 6.04 Å². The largest absolute Gasteiger partial charge is 0.349 e. The van der Waals surface area contributed by atoms with E-state index < -0.39 is 10.0 Å². The quantitative estimate of drug-likeness (QED) is 0.840. The molecule has 2 saturated carbocycles. The fraction of sp³-hybridized carbons (Fsp3) is 0.733. The van der Waals surface area contributed by atoms with Gasteiger partial charge in [0.05, 0.1) is 4.90 Å². The predicted octanol–water partition coefficient (Wildman–Crippen LogP) is 1.69. The molecule has 1 heterocycles. The van der Waals surface area contributed by atoms with Gasteiger partial charge < -0.3 is 9.88 Å². The molecule has 3 unspecified atom stereocenters. The molecule has 5 nitrogen and oxygen atoms in total. The molecule has 21 heavy (non-hydrogen) atoms. The van der Waals surface area contributed by atoms with Crippen molar-refractivity contribution < 1.29 is 8.42 Å². The normalized spacial score (nSPS) is 28.4. The van der Waals surface area contributed by atoms with E-state index >= 15 is 0 Å². The molecule has 0 amide bonds. The molecule has 0 aliphatic heterocycles. The Bertz CT molecular complexity index is 608. The Kier molecular flexibility index (Phi) is 4.12. The van der Waals surface area contributed by atoms with Gasteiger partial charge in [0.1, 0.15) is 0 Å². The molecule has 118 valence electrons. The zero-order valence-corrected chi connectivity index (χ0v) is 13.6. The monoisotopic (exact) mass is 311 g/mol. The van der Waals surface area contributed by atoms with E-state index in [1.807, 2.05) is 18.5 Å². The lowest BCUT2D eigenvalue weighted by Crippen LogP contribution is -2.38.